The molecule has 0 aromatic carbocycles. The normalized spacial score (nSPS) is 32.0. The fourth-order valence-corrected chi connectivity index (χ4v) is 1.23. The van der Waals surface area contributed by atoms with Crippen molar-refractivity contribution in [2.45, 2.75) is 31.3 Å². The molecular formula is C9H14F2O2. The van der Waals surface area contributed by atoms with Crippen LogP contribution in [0.1, 0.15) is 19.8 Å². The quantitative estimate of drug-likeness (QED) is 0.690. The van der Waals surface area contributed by atoms with Crippen molar-refractivity contribution in [2.24, 2.45) is 0 Å². The third-order valence-corrected chi connectivity index (χ3v) is 2.08. The number of hydrogen-bond acceptors (Lipinski definition) is 2. The molecule has 2 nitrogen and oxygen atoms in total. The van der Waals surface area contributed by atoms with Gasteiger partial charge in [0.2, 0.25) is 0 Å². The van der Waals surface area contributed by atoms with Crippen molar-refractivity contribution in [3.8, 4) is 0 Å². The standard InChI is InChI=1S/C9H14F2O2/c1-2-13-7-8(12)3-5-9(10,11)6-4-8/h3,5,12H,2,4,6-7H2,1H3. The lowest BCUT2D eigenvalue weighted by atomic mass is 9.90. The van der Waals surface area contributed by atoms with Crippen LogP contribution in [0.5, 0.6) is 0 Å². The summed E-state index contributed by atoms with van der Waals surface area (Å²) in [6, 6.07) is 0. The van der Waals surface area contributed by atoms with Gasteiger partial charge in [0.05, 0.1) is 6.61 Å². The summed E-state index contributed by atoms with van der Waals surface area (Å²) in [5.74, 6) is -2.77. The smallest absolute Gasteiger partial charge is 0.266 e. The van der Waals surface area contributed by atoms with E-state index in [1.165, 1.54) is 0 Å². The number of hydrogen-bond donors (Lipinski definition) is 1. The van der Waals surface area contributed by atoms with E-state index in [0.29, 0.717) is 6.61 Å². The van der Waals surface area contributed by atoms with Gasteiger partial charge in [-0.1, -0.05) is 0 Å². The summed E-state index contributed by atoms with van der Waals surface area (Å²) >= 11 is 0. The minimum absolute atomic E-state index is 0.0521. The van der Waals surface area contributed by atoms with Gasteiger partial charge in [-0.2, -0.15) is 0 Å². The van der Waals surface area contributed by atoms with Gasteiger partial charge in [-0.05, 0) is 25.5 Å². The molecule has 1 rings (SSSR count). The summed E-state index contributed by atoms with van der Waals surface area (Å²) in [4.78, 5) is 0. The molecule has 0 radical (unpaired) electrons. The monoisotopic (exact) mass is 192 g/mol. The maximum Gasteiger partial charge on any atom is 0.266 e. The number of aliphatic hydroxyl groups is 1. The highest BCUT2D eigenvalue weighted by molar-refractivity contribution is 5.11. The van der Waals surface area contributed by atoms with Crippen LogP contribution in [-0.4, -0.2) is 29.8 Å². The van der Waals surface area contributed by atoms with Crippen LogP contribution in [0.4, 0.5) is 8.78 Å². The second-order valence-corrected chi connectivity index (χ2v) is 3.34. The average molecular weight is 192 g/mol. The van der Waals surface area contributed by atoms with Gasteiger partial charge in [0, 0.05) is 13.0 Å². The molecule has 76 valence electrons. The maximum atomic E-state index is 12.6. The molecule has 0 spiro atoms. The Morgan fingerprint density at radius 2 is 2.08 bits per heavy atom. The molecule has 0 aromatic rings. The van der Waals surface area contributed by atoms with Crippen molar-refractivity contribution in [2.75, 3.05) is 13.2 Å². The van der Waals surface area contributed by atoms with Gasteiger partial charge in [0.25, 0.3) is 5.92 Å². The maximum absolute atomic E-state index is 12.6. The Kier molecular flexibility index (Phi) is 3.03. The third-order valence-electron chi connectivity index (χ3n) is 2.08. The largest absolute Gasteiger partial charge is 0.383 e. The topological polar surface area (TPSA) is 29.5 Å². The summed E-state index contributed by atoms with van der Waals surface area (Å²) in [6.07, 6.45) is 1.64. The van der Waals surface area contributed by atoms with Crippen LogP contribution < -0.4 is 0 Å². The molecule has 1 unspecified atom stereocenters. The first-order valence-corrected chi connectivity index (χ1v) is 4.36. The summed E-state index contributed by atoms with van der Waals surface area (Å²) in [5, 5.41) is 9.69. The van der Waals surface area contributed by atoms with Crippen molar-refractivity contribution in [1.82, 2.24) is 0 Å². The molecule has 1 aliphatic carbocycles. The Balaban J connectivity index is 2.54. The van der Waals surface area contributed by atoms with E-state index in [-0.39, 0.29) is 19.4 Å². The zero-order valence-corrected chi connectivity index (χ0v) is 7.59. The van der Waals surface area contributed by atoms with Crippen LogP contribution in [0.2, 0.25) is 0 Å². The first kappa shape index (κ1) is 10.6. The van der Waals surface area contributed by atoms with Crippen LogP contribution >= 0.6 is 0 Å². The summed E-state index contributed by atoms with van der Waals surface area (Å²) in [7, 11) is 0. The molecule has 0 heterocycles. The number of allylic oxidation sites excluding steroid dienone is 1. The molecule has 0 saturated heterocycles. The zero-order valence-electron chi connectivity index (χ0n) is 7.59. The predicted molar refractivity (Wildman–Crippen MR) is 44.8 cm³/mol. The molecule has 4 heteroatoms. The van der Waals surface area contributed by atoms with E-state index >= 15 is 0 Å². The van der Waals surface area contributed by atoms with Crippen molar-refractivity contribution in [1.29, 1.82) is 0 Å². The number of rotatable bonds is 3. The van der Waals surface area contributed by atoms with Crippen molar-refractivity contribution in [3.63, 3.8) is 0 Å². The molecule has 0 fully saturated rings. The minimum Gasteiger partial charge on any atom is -0.383 e. The van der Waals surface area contributed by atoms with E-state index in [4.69, 9.17) is 4.74 Å². The molecule has 0 aromatic heterocycles. The molecule has 1 N–H and O–H groups in total. The molecule has 0 aliphatic heterocycles. The Morgan fingerprint density at radius 1 is 1.38 bits per heavy atom. The molecule has 1 aliphatic rings. The van der Waals surface area contributed by atoms with E-state index in [9.17, 15) is 13.9 Å². The Labute approximate surface area is 76.2 Å². The average Bonchev–Trinajstić information content (AvgIpc) is 2.08. The molecule has 0 bridgehead atoms. The summed E-state index contributed by atoms with van der Waals surface area (Å²) in [6.45, 7) is 2.37. The van der Waals surface area contributed by atoms with Gasteiger partial charge in [0.15, 0.2) is 0 Å². The fourth-order valence-electron chi connectivity index (χ4n) is 1.23. The summed E-state index contributed by atoms with van der Waals surface area (Å²) < 4.78 is 30.3. The van der Waals surface area contributed by atoms with Crippen LogP contribution in [0.15, 0.2) is 12.2 Å². The molecule has 0 saturated carbocycles. The number of ether oxygens (including phenoxy) is 1. The van der Waals surface area contributed by atoms with Gasteiger partial charge in [-0.3, -0.25) is 0 Å². The molecular weight excluding hydrogens is 178 g/mol. The zero-order chi connectivity index (χ0) is 9.95. The number of alkyl halides is 2. The van der Waals surface area contributed by atoms with Gasteiger partial charge in [-0.25, -0.2) is 8.78 Å². The van der Waals surface area contributed by atoms with E-state index in [2.05, 4.69) is 0 Å². The highest BCUT2D eigenvalue weighted by Crippen LogP contribution is 2.32. The highest BCUT2D eigenvalue weighted by atomic mass is 19.3. The van der Waals surface area contributed by atoms with Crippen LogP contribution in [0, 0.1) is 0 Å². The van der Waals surface area contributed by atoms with E-state index < -0.39 is 11.5 Å². The molecule has 13 heavy (non-hydrogen) atoms. The fraction of sp³-hybridized carbons (Fsp3) is 0.778. The first-order valence-electron chi connectivity index (χ1n) is 4.36. The van der Waals surface area contributed by atoms with Crippen LogP contribution in [0.3, 0.4) is 0 Å². The Hall–Kier alpha value is -0.480. The first-order chi connectivity index (χ1) is 5.97. The second kappa shape index (κ2) is 3.72. The molecule has 1 atom stereocenters. The van der Waals surface area contributed by atoms with E-state index in [1.54, 1.807) is 6.92 Å². The second-order valence-electron chi connectivity index (χ2n) is 3.34. The number of halogens is 2. The SMILES string of the molecule is CCOCC1(O)C=CC(F)(F)CC1. The lowest BCUT2D eigenvalue weighted by Crippen LogP contribution is -2.38. The van der Waals surface area contributed by atoms with Gasteiger partial charge >= 0.3 is 0 Å². The lowest BCUT2D eigenvalue weighted by Gasteiger charge is -2.30. The molecule has 0 amide bonds. The summed E-state index contributed by atoms with van der Waals surface area (Å²) in [5.41, 5.74) is -1.20. The van der Waals surface area contributed by atoms with Gasteiger partial charge in [-0.15, -0.1) is 0 Å². The Morgan fingerprint density at radius 3 is 2.54 bits per heavy atom. The minimum atomic E-state index is -2.77. The van der Waals surface area contributed by atoms with Crippen LogP contribution in [-0.2, 0) is 4.74 Å². The van der Waals surface area contributed by atoms with Gasteiger partial charge in [0.1, 0.15) is 5.60 Å². The van der Waals surface area contributed by atoms with Crippen molar-refractivity contribution in [3.05, 3.63) is 12.2 Å². The predicted octanol–water partition coefficient (Wildman–Crippen LogP) is 1.74. The van der Waals surface area contributed by atoms with Crippen molar-refractivity contribution < 1.29 is 18.6 Å². The lowest BCUT2D eigenvalue weighted by molar-refractivity contribution is -0.0517. The Bertz CT molecular complexity index is 204. The highest BCUT2D eigenvalue weighted by Gasteiger charge is 2.37. The van der Waals surface area contributed by atoms with Gasteiger partial charge < -0.3 is 9.84 Å². The van der Waals surface area contributed by atoms with Crippen molar-refractivity contribution >= 4 is 0 Å². The third kappa shape index (κ3) is 3.04. The van der Waals surface area contributed by atoms with E-state index in [1.807, 2.05) is 0 Å². The van der Waals surface area contributed by atoms with E-state index in [0.717, 1.165) is 12.2 Å². The van der Waals surface area contributed by atoms with Crippen LogP contribution in [0.25, 0.3) is 0 Å².